The topological polar surface area (TPSA) is 98.2 Å². The summed E-state index contributed by atoms with van der Waals surface area (Å²) in [6, 6.07) is 6.17. The Morgan fingerprint density at radius 2 is 1.81 bits per heavy atom. The molecule has 3 aromatic rings. The number of ether oxygens (including phenoxy) is 2. The van der Waals surface area contributed by atoms with Gasteiger partial charge in [0.15, 0.2) is 5.82 Å². The molecule has 1 N–H and O–H groups in total. The molecule has 4 heterocycles. The Morgan fingerprint density at radius 1 is 1.08 bits per heavy atom. The molecule has 9 heteroatoms. The number of benzene rings is 1. The lowest BCUT2D eigenvalue weighted by atomic mass is 9.99. The van der Waals surface area contributed by atoms with E-state index in [9.17, 15) is 4.79 Å². The number of hydrogen-bond donors (Lipinski definition) is 1. The maximum absolute atomic E-state index is 13.2. The number of tetrazole rings is 1. The van der Waals surface area contributed by atoms with Crippen LogP contribution in [0.5, 0.6) is 0 Å². The summed E-state index contributed by atoms with van der Waals surface area (Å²) in [6.45, 7) is 12.0. The smallest absolute Gasteiger partial charge is 0.252 e. The van der Waals surface area contributed by atoms with Crippen LogP contribution in [0.4, 0.5) is 0 Å². The van der Waals surface area contributed by atoms with Crippen molar-refractivity contribution in [1.29, 1.82) is 0 Å². The minimum atomic E-state index is -0.0690. The lowest BCUT2D eigenvalue weighted by Gasteiger charge is -2.35. The molecule has 1 aromatic carbocycles. The highest BCUT2D eigenvalue weighted by Crippen LogP contribution is 2.31. The number of aryl methyl sites for hydroxylation is 2. The van der Waals surface area contributed by atoms with E-state index in [1.807, 2.05) is 10.7 Å². The Bertz CT molecular complexity index is 1240. The third-order valence-corrected chi connectivity index (χ3v) is 7.62. The molecule has 3 atom stereocenters. The number of aromatic amines is 1. The van der Waals surface area contributed by atoms with E-state index in [2.05, 4.69) is 65.2 Å². The monoisotopic (exact) mass is 494 g/mol. The summed E-state index contributed by atoms with van der Waals surface area (Å²) in [6.07, 6.45) is 4.46. The fourth-order valence-electron chi connectivity index (χ4n) is 5.60. The first kappa shape index (κ1) is 25.0. The summed E-state index contributed by atoms with van der Waals surface area (Å²) in [7, 11) is 0. The van der Waals surface area contributed by atoms with Gasteiger partial charge in [-0.05, 0) is 90.6 Å². The molecule has 0 saturated carbocycles. The first-order valence-electron chi connectivity index (χ1n) is 13.3. The highest BCUT2D eigenvalue weighted by Gasteiger charge is 2.33. The van der Waals surface area contributed by atoms with Gasteiger partial charge in [-0.25, -0.2) is 4.68 Å². The van der Waals surface area contributed by atoms with Crippen LogP contribution >= 0.6 is 0 Å². The van der Waals surface area contributed by atoms with E-state index in [0.29, 0.717) is 13.1 Å². The average Bonchev–Trinajstić information content (AvgIpc) is 3.61. The van der Waals surface area contributed by atoms with Crippen LogP contribution in [0.1, 0.15) is 68.1 Å². The third-order valence-electron chi connectivity index (χ3n) is 7.62. The SMILES string of the molecule is Cc1cc2cc(CN(C[C@@H]3CCCO3)[C@H](c3nnnn3C[C@@H]3CCCO3)C(C)C)c(=O)[nH]c2cc1C. The molecule has 2 aromatic heterocycles. The second-order valence-corrected chi connectivity index (χ2v) is 10.8. The van der Waals surface area contributed by atoms with E-state index in [1.54, 1.807) is 0 Å². The predicted octanol–water partition coefficient (Wildman–Crippen LogP) is 3.69. The highest BCUT2D eigenvalue weighted by atomic mass is 16.5. The van der Waals surface area contributed by atoms with Crippen LogP contribution in [0.15, 0.2) is 23.0 Å². The molecule has 2 fully saturated rings. The molecule has 36 heavy (non-hydrogen) atoms. The van der Waals surface area contributed by atoms with Crippen molar-refractivity contribution in [2.24, 2.45) is 5.92 Å². The van der Waals surface area contributed by atoms with Crippen LogP contribution in [0, 0.1) is 19.8 Å². The molecule has 5 rings (SSSR count). The maximum Gasteiger partial charge on any atom is 0.252 e. The first-order valence-corrected chi connectivity index (χ1v) is 13.3. The third kappa shape index (κ3) is 5.38. The maximum atomic E-state index is 13.2. The van der Waals surface area contributed by atoms with Gasteiger partial charge in [0, 0.05) is 37.4 Å². The number of rotatable bonds is 9. The minimum Gasteiger partial charge on any atom is -0.377 e. The highest BCUT2D eigenvalue weighted by molar-refractivity contribution is 5.80. The van der Waals surface area contributed by atoms with Gasteiger partial charge in [-0.1, -0.05) is 13.8 Å². The van der Waals surface area contributed by atoms with Crippen molar-refractivity contribution in [3.05, 3.63) is 51.1 Å². The van der Waals surface area contributed by atoms with Gasteiger partial charge < -0.3 is 14.5 Å². The zero-order valence-electron chi connectivity index (χ0n) is 21.9. The fraction of sp³-hybridized carbons (Fsp3) is 0.630. The molecule has 194 valence electrons. The van der Waals surface area contributed by atoms with Crippen molar-refractivity contribution in [3.63, 3.8) is 0 Å². The van der Waals surface area contributed by atoms with Crippen molar-refractivity contribution in [3.8, 4) is 0 Å². The molecule has 2 aliphatic heterocycles. The standard InChI is InChI=1S/C27H38N6O3/c1-17(2)25(26-29-30-31-33(26)16-23-8-6-10-36-23)32(15-22-7-5-9-35-22)14-21-13-20-11-18(3)19(4)12-24(20)28-27(21)34/h11-13,17,22-23,25H,5-10,14-16H2,1-4H3,(H,28,34)/t22-,23-,25-/m0/s1. The number of nitrogens with one attached hydrogen (secondary N) is 1. The molecular weight excluding hydrogens is 456 g/mol. The number of fused-ring (bicyclic) bond motifs is 1. The zero-order chi connectivity index (χ0) is 25.2. The first-order chi connectivity index (χ1) is 17.4. The summed E-state index contributed by atoms with van der Waals surface area (Å²) in [5.74, 6) is 1.05. The van der Waals surface area contributed by atoms with Gasteiger partial charge in [0.2, 0.25) is 0 Å². The largest absolute Gasteiger partial charge is 0.377 e. The molecule has 2 aliphatic rings. The normalized spacial score (nSPS) is 21.3. The van der Waals surface area contributed by atoms with Crippen molar-refractivity contribution in [2.75, 3.05) is 19.8 Å². The summed E-state index contributed by atoms with van der Waals surface area (Å²) < 4.78 is 13.8. The molecule has 0 spiro atoms. The van der Waals surface area contributed by atoms with Gasteiger partial charge >= 0.3 is 0 Å². The van der Waals surface area contributed by atoms with Gasteiger partial charge in [-0.15, -0.1) is 5.10 Å². The van der Waals surface area contributed by atoms with Crippen LogP contribution in [-0.2, 0) is 22.6 Å². The molecule has 0 aliphatic carbocycles. The van der Waals surface area contributed by atoms with Crippen molar-refractivity contribution in [2.45, 2.75) is 84.7 Å². The Balaban J connectivity index is 1.50. The van der Waals surface area contributed by atoms with Crippen LogP contribution in [0.25, 0.3) is 10.9 Å². The van der Waals surface area contributed by atoms with Crippen molar-refractivity contribution in [1.82, 2.24) is 30.1 Å². The van der Waals surface area contributed by atoms with Gasteiger partial charge in [0.25, 0.3) is 5.56 Å². The Hall–Kier alpha value is -2.62. The van der Waals surface area contributed by atoms with Crippen molar-refractivity contribution >= 4 is 10.9 Å². The second-order valence-electron chi connectivity index (χ2n) is 10.8. The minimum absolute atomic E-state index is 0.0513. The molecule has 9 nitrogen and oxygen atoms in total. The van der Waals surface area contributed by atoms with E-state index in [0.717, 1.165) is 67.7 Å². The predicted molar refractivity (Wildman–Crippen MR) is 138 cm³/mol. The lowest BCUT2D eigenvalue weighted by molar-refractivity contribution is 0.0365. The average molecular weight is 495 g/mol. The van der Waals surface area contributed by atoms with E-state index >= 15 is 0 Å². The molecule has 0 bridgehead atoms. The number of hydrogen-bond acceptors (Lipinski definition) is 7. The molecule has 0 amide bonds. The van der Waals surface area contributed by atoms with Crippen molar-refractivity contribution < 1.29 is 9.47 Å². The number of pyridine rings is 1. The van der Waals surface area contributed by atoms with Gasteiger partial charge in [-0.2, -0.15) is 0 Å². The Kier molecular flexibility index (Phi) is 7.50. The lowest BCUT2D eigenvalue weighted by Crippen LogP contribution is -2.40. The van der Waals surface area contributed by atoms with Crippen LogP contribution in [-0.4, -0.2) is 62.1 Å². The van der Waals surface area contributed by atoms with E-state index < -0.39 is 0 Å². The molecular formula is C27H38N6O3. The number of nitrogens with zero attached hydrogens (tertiary/aromatic N) is 5. The second kappa shape index (κ2) is 10.8. The summed E-state index contributed by atoms with van der Waals surface area (Å²) >= 11 is 0. The quantitative estimate of drug-likeness (QED) is 0.484. The van der Waals surface area contributed by atoms with Crippen LogP contribution in [0.3, 0.4) is 0 Å². The van der Waals surface area contributed by atoms with Gasteiger partial charge in [0.1, 0.15) is 0 Å². The van der Waals surface area contributed by atoms with Gasteiger partial charge in [0.05, 0.1) is 24.8 Å². The zero-order valence-corrected chi connectivity index (χ0v) is 21.9. The molecule has 2 saturated heterocycles. The number of H-pyrrole nitrogens is 1. The Morgan fingerprint density at radius 3 is 2.50 bits per heavy atom. The van der Waals surface area contributed by atoms with Gasteiger partial charge in [-0.3, -0.25) is 9.69 Å². The van der Waals surface area contributed by atoms with Crippen LogP contribution in [0.2, 0.25) is 0 Å². The molecule has 0 unspecified atom stereocenters. The van der Waals surface area contributed by atoms with E-state index in [4.69, 9.17) is 9.47 Å². The summed E-state index contributed by atoms with van der Waals surface area (Å²) in [5, 5.41) is 13.9. The van der Waals surface area contributed by atoms with Crippen LogP contribution < -0.4 is 5.56 Å². The summed E-state index contributed by atoms with van der Waals surface area (Å²) in [5.41, 5.74) is 3.95. The Labute approximate surface area is 212 Å². The molecule has 0 radical (unpaired) electrons. The summed E-state index contributed by atoms with van der Waals surface area (Å²) in [4.78, 5) is 18.7. The fourth-order valence-corrected chi connectivity index (χ4v) is 5.60. The van der Waals surface area contributed by atoms with E-state index in [-0.39, 0.29) is 29.7 Å². The number of aromatic nitrogens is 5. The van der Waals surface area contributed by atoms with E-state index in [1.165, 1.54) is 11.1 Å².